The SMILES string of the molecule is CCOCC(O)CN(Cc1cccs1)Cc1ccccc1OC. The summed E-state index contributed by atoms with van der Waals surface area (Å²) >= 11 is 1.73. The third kappa shape index (κ3) is 5.95. The van der Waals surface area contributed by atoms with Crippen molar-refractivity contribution in [1.29, 1.82) is 0 Å². The average molecular weight is 335 g/mol. The molecule has 4 nitrogen and oxygen atoms in total. The van der Waals surface area contributed by atoms with E-state index in [4.69, 9.17) is 9.47 Å². The zero-order valence-corrected chi connectivity index (χ0v) is 14.6. The number of thiophene rings is 1. The number of ether oxygens (including phenoxy) is 2. The summed E-state index contributed by atoms with van der Waals surface area (Å²) in [5.41, 5.74) is 1.12. The Kier molecular flexibility index (Phi) is 7.55. The van der Waals surface area contributed by atoms with Crippen LogP contribution in [0.3, 0.4) is 0 Å². The van der Waals surface area contributed by atoms with E-state index >= 15 is 0 Å². The van der Waals surface area contributed by atoms with Gasteiger partial charge in [-0.1, -0.05) is 24.3 Å². The monoisotopic (exact) mass is 335 g/mol. The van der Waals surface area contributed by atoms with Gasteiger partial charge in [-0.15, -0.1) is 11.3 Å². The van der Waals surface area contributed by atoms with E-state index in [2.05, 4.69) is 28.5 Å². The molecule has 126 valence electrons. The molecule has 0 fully saturated rings. The third-order valence-corrected chi connectivity index (χ3v) is 4.39. The van der Waals surface area contributed by atoms with Crippen LogP contribution in [0.15, 0.2) is 41.8 Å². The minimum Gasteiger partial charge on any atom is -0.496 e. The molecule has 2 aromatic rings. The Morgan fingerprint density at radius 3 is 2.70 bits per heavy atom. The average Bonchev–Trinajstić information content (AvgIpc) is 3.06. The highest BCUT2D eigenvalue weighted by atomic mass is 32.1. The third-order valence-electron chi connectivity index (χ3n) is 3.53. The molecule has 5 heteroatoms. The van der Waals surface area contributed by atoms with Gasteiger partial charge in [0, 0.05) is 36.7 Å². The van der Waals surface area contributed by atoms with E-state index in [0.29, 0.717) is 19.8 Å². The van der Waals surface area contributed by atoms with Gasteiger partial charge < -0.3 is 14.6 Å². The van der Waals surface area contributed by atoms with E-state index in [1.807, 2.05) is 25.1 Å². The van der Waals surface area contributed by atoms with Crippen LogP contribution < -0.4 is 4.74 Å². The maximum atomic E-state index is 10.2. The lowest BCUT2D eigenvalue weighted by atomic mass is 10.1. The molecule has 0 saturated heterocycles. The fourth-order valence-corrected chi connectivity index (χ4v) is 3.23. The lowest BCUT2D eigenvalue weighted by molar-refractivity contribution is 0.0180. The molecule has 0 spiro atoms. The number of aliphatic hydroxyl groups excluding tert-OH is 1. The molecular formula is C18H25NO3S. The summed E-state index contributed by atoms with van der Waals surface area (Å²) in [5, 5.41) is 12.3. The summed E-state index contributed by atoms with van der Waals surface area (Å²) < 4.78 is 10.8. The van der Waals surface area contributed by atoms with Gasteiger partial charge in [0.05, 0.1) is 19.8 Å². The second kappa shape index (κ2) is 9.67. The number of methoxy groups -OCH3 is 1. The fraction of sp³-hybridized carbons (Fsp3) is 0.444. The smallest absolute Gasteiger partial charge is 0.123 e. The lowest BCUT2D eigenvalue weighted by Crippen LogP contribution is -2.34. The highest BCUT2D eigenvalue weighted by molar-refractivity contribution is 7.09. The number of rotatable bonds is 10. The number of para-hydroxylation sites is 1. The molecule has 1 N–H and O–H groups in total. The topological polar surface area (TPSA) is 41.9 Å². The molecule has 23 heavy (non-hydrogen) atoms. The molecule has 1 aromatic carbocycles. The standard InChI is InChI=1S/C18H25NO3S/c1-3-22-14-16(20)12-19(13-17-8-6-10-23-17)11-15-7-4-5-9-18(15)21-2/h4-10,16,20H,3,11-14H2,1-2H3. The van der Waals surface area contributed by atoms with Gasteiger partial charge in [-0.05, 0) is 24.4 Å². The Balaban J connectivity index is 2.05. The largest absolute Gasteiger partial charge is 0.496 e. The molecule has 1 atom stereocenters. The van der Waals surface area contributed by atoms with Gasteiger partial charge in [-0.3, -0.25) is 4.90 Å². The van der Waals surface area contributed by atoms with Gasteiger partial charge in [0.2, 0.25) is 0 Å². The molecule has 0 aliphatic rings. The molecule has 1 aromatic heterocycles. The summed E-state index contributed by atoms with van der Waals surface area (Å²) in [6.07, 6.45) is -0.496. The van der Waals surface area contributed by atoms with Crippen molar-refractivity contribution in [3.05, 3.63) is 52.2 Å². The van der Waals surface area contributed by atoms with Gasteiger partial charge in [0.1, 0.15) is 5.75 Å². The second-order valence-electron chi connectivity index (χ2n) is 5.37. The molecule has 0 aliphatic carbocycles. The van der Waals surface area contributed by atoms with Gasteiger partial charge in [-0.2, -0.15) is 0 Å². The van der Waals surface area contributed by atoms with Crippen LogP contribution in [0.2, 0.25) is 0 Å². The summed E-state index contributed by atoms with van der Waals surface area (Å²) in [6, 6.07) is 12.2. The van der Waals surface area contributed by atoms with Crippen molar-refractivity contribution in [3.63, 3.8) is 0 Å². The number of nitrogens with zero attached hydrogens (tertiary/aromatic N) is 1. The van der Waals surface area contributed by atoms with Crippen LogP contribution in [0, 0.1) is 0 Å². The Bertz CT molecular complexity index is 559. The molecule has 0 aliphatic heterocycles. The van der Waals surface area contributed by atoms with Crippen molar-refractivity contribution in [3.8, 4) is 5.75 Å². The van der Waals surface area contributed by atoms with E-state index < -0.39 is 6.10 Å². The van der Waals surface area contributed by atoms with Gasteiger partial charge in [0.15, 0.2) is 0 Å². The molecule has 0 radical (unpaired) electrons. The molecule has 0 amide bonds. The maximum absolute atomic E-state index is 10.2. The van der Waals surface area contributed by atoms with Crippen molar-refractivity contribution < 1.29 is 14.6 Å². The number of aliphatic hydroxyl groups is 1. The van der Waals surface area contributed by atoms with E-state index in [1.165, 1.54) is 4.88 Å². The Hall–Kier alpha value is -1.40. The Morgan fingerprint density at radius 1 is 1.17 bits per heavy atom. The summed E-state index contributed by atoms with van der Waals surface area (Å²) in [7, 11) is 1.69. The summed E-state index contributed by atoms with van der Waals surface area (Å²) in [5.74, 6) is 0.878. The highest BCUT2D eigenvalue weighted by Crippen LogP contribution is 2.21. The lowest BCUT2D eigenvalue weighted by Gasteiger charge is -2.25. The van der Waals surface area contributed by atoms with Crippen LogP contribution >= 0.6 is 11.3 Å². The highest BCUT2D eigenvalue weighted by Gasteiger charge is 2.15. The van der Waals surface area contributed by atoms with Crippen molar-refractivity contribution in [1.82, 2.24) is 4.90 Å². The quantitative estimate of drug-likeness (QED) is 0.724. The normalized spacial score (nSPS) is 12.5. The first-order valence-corrected chi connectivity index (χ1v) is 8.73. The van der Waals surface area contributed by atoms with Gasteiger partial charge >= 0.3 is 0 Å². The molecular weight excluding hydrogens is 310 g/mol. The van der Waals surface area contributed by atoms with Gasteiger partial charge in [-0.25, -0.2) is 0 Å². The minimum absolute atomic E-state index is 0.364. The molecule has 1 heterocycles. The first-order chi connectivity index (χ1) is 11.2. The zero-order valence-electron chi connectivity index (χ0n) is 13.8. The summed E-state index contributed by atoms with van der Waals surface area (Å²) in [4.78, 5) is 3.51. The van der Waals surface area contributed by atoms with E-state index in [9.17, 15) is 5.11 Å². The molecule has 0 bridgehead atoms. The van der Waals surface area contributed by atoms with Crippen LogP contribution in [0.1, 0.15) is 17.4 Å². The molecule has 1 unspecified atom stereocenters. The number of hydrogen-bond donors (Lipinski definition) is 1. The fourth-order valence-electron chi connectivity index (χ4n) is 2.49. The predicted octanol–water partition coefficient (Wildman–Crippen LogP) is 3.16. The molecule has 0 saturated carbocycles. The van der Waals surface area contributed by atoms with Crippen LogP contribution in [-0.2, 0) is 17.8 Å². The number of hydrogen-bond acceptors (Lipinski definition) is 5. The zero-order chi connectivity index (χ0) is 16.5. The van der Waals surface area contributed by atoms with Gasteiger partial charge in [0.25, 0.3) is 0 Å². The first kappa shape index (κ1) is 17.9. The summed E-state index contributed by atoms with van der Waals surface area (Å²) in [6.45, 7) is 5.02. The Labute approximate surface area is 142 Å². The second-order valence-corrected chi connectivity index (χ2v) is 6.41. The van der Waals surface area contributed by atoms with Crippen molar-refractivity contribution in [2.24, 2.45) is 0 Å². The van der Waals surface area contributed by atoms with Crippen LogP contribution in [-0.4, -0.2) is 43.0 Å². The first-order valence-electron chi connectivity index (χ1n) is 7.85. The predicted molar refractivity (Wildman–Crippen MR) is 93.9 cm³/mol. The minimum atomic E-state index is -0.496. The van der Waals surface area contributed by atoms with Crippen molar-refractivity contribution in [2.45, 2.75) is 26.1 Å². The van der Waals surface area contributed by atoms with E-state index in [0.717, 1.165) is 24.4 Å². The number of benzene rings is 1. The maximum Gasteiger partial charge on any atom is 0.123 e. The van der Waals surface area contributed by atoms with E-state index in [-0.39, 0.29) is 0 Å². The van der Waals surface area contributed by atoms with Crippen LogP contribution in [0.5, 0.6) is 5.75 Å². The van der Waals surface area contributed by atoms with Crippen molar-refractivity contribution in [2.75, 3.05) is 26.9 Å². The van der Waals surface area contributed by atoms with Crippen molar-refractivity contribution >= 4 is 11.3 Å². The molecule has 2 rings (SSSR count). The Morgan fingerprint density at radius 2 is 2.00 bits per heavy atom. The van der Waals surface area contributed by atoms with E-state index in [1.54, 1.807) is 18.4 Å². The van der Waals surface area contributed by atoms with Crippen LogP contribution in [0.25, 0.3) is 0 Å². The van der Waals surface area contributed by atoms with Crippen LogP contribution in [0.4, 0.5) is 0 Å².